The van der Waals surface area contributed by atoms with Gasteiger partial charge in [0.15, 0.2) is 5.69 Å². The van der Waals surface area contributed by atoms with Gasteiger partial charge in [0.25, 0.3) is 5.91 Å². The number of carbonyl (C=O) groups excluding carboxylic acids is 1. The lowest BCUT2D eigenvalue weighted by molar-refractivity contribution is 0.0695. The molecule has 4 rings (SSSR count). The van der Waals surface area contributed by atoms with Crippen LogP contribution in [0.1, 0.15) is 41.0 Å². The summed E-state index contributed by atoms with van der Waals surface area (Å²) in [5, 5.41) is 12.5. The van der Waals surface area contributed by atoms with E-state index in [0.717, 1.165) is 49.5 Å². The normalized spacial score (nSPS) is 20.9. The molecular weight excluding hydrogens is 405 g/mol. The van der Waals surface area contributed by atoms with Gasteiger partial charge < -0.3 is 10.2 Å². The highest BCUT2D eigenvalue weighted by molar-refractivity contribution is 7.99. The number of nitrogens with one attached hydrogen (secondary N) is 1. The van der Waals surface area contributed by atoms with E-state index in [1.54, 1.807) is 0 Å². The Morgan fingerprint density at radius 3 is 2.70 bits per heavy atom. The topological polar surface area (TPSA) is 63.1 Å². The van der Waals surface area contributed by atoms with Crippen LogP contribution in [0, 0.1) is 0 Å². The van der Waals surface area contributed by atoms with Crippen molar-refractivity contribution in [2.45, 2.75) is 24.9 Å². The summed E-state index contributed by atoms with van der Waals surface area (Å²) in [6.45, 7) is 2.68. The van der Waals surface area contributed by atoms with Crippen molar-refractivity contribution in [3.63, 3.8) is 0 Å². The number of hydrogen-bond acceptors (Lipinski definition) is 5. The van der Waals surface area contributed by atoms with Crippen molar-refractivity contribution in [1.29, 1.82) is 0 Å². The van der Waals surface area contributed by atoms with Gasteiger partial charge in [-0.15, -0.1) is 17.5 Å². The fraction of sp³-hybridized carbons (Fsp3) is 0.500. The summed E-state index contributed by atoms with van der Waals surface area (Å²) >= 11 is 7.88. The monoisotopic (exact) mass is 427 g/mol. The van der Waals surface area contributed by atoms with Gasteiger partial charge in [0.2, 0.25) is 0 Å². The fourth-order valence-electron chi connectivity index (χ4n) is 3.58. The van der Waals surface area contributed by atoms with Crippen LogP contribution in [0.25, 0.3) is 0 Å². The van der Waals surface area contributed by atoms with E-state index < -0.39 is 0 Å². The summed E-state index contributed by atoms with van der Waals surface area (Å²) in [6, 6.07) is 8.14. The summed E-state index contributed by atoms with van der Waals surface area (Å²) in [5.74, 6) is 1.79. The first-order chi connectivity index (χ1) is 12.7. The number of thioether (sulfide) groups is 1. The third kappa shape index (κ3) is 4.59. The quantitative estimate of drug-likeness (QED) is 0.814. The lowest BCUT2D eigenvalue weighted by Crippen LogP contribution is -2.41. The molecule has 0 aliphatic carbocycles. The molecule has 2 aliphatic heterocycles. The number of halogens is 2. The number of amides is 1. The number of nitrogens with zero attached hydrogens (tertiary/aromatic N) is 4. The van der Waals surface area contributed by atoms with E-state index >= 15 is 0 Å². The number of hydrogen-bond donors (Lipinski definition) is 1. The van der Waals surface area contributed by atoms with Crippen molar-refractivity contribution in [1.82, 2.24) is 25.2 Å². The molecule has 1 N–H and O–H groups in total. The second-order valence-corrected chi connectivity index (χ2v) is 8.29. The van der Waals surface area contributed by atoms with Gasteiger partial charge >= 0.3 is 0 Å². The predicted molar refractivity (Wildman–Crippen MR) is 111 cm³/mol. The van der Waals surface area contributed by atoms with Gasteiger partial charge in [0.1, 0.15) is 0 Å². The van der Waals surface area contributed by atoms with Crippen molar-refractivity contribution in [3.8, 4) is 0 Å². The van der Waals surface area contributed by atoms with Gasteiger partial charge in [-0.2, -0.15) is 11.8 Å². The van der Waals surface area contributed by atoms with Gasteiger partial charge in [0.05, 0.1) is 18.3 Å². The van der Waals surface area contributed by atoms with E-state index in [1.807, 2.05) is 51.8 Å². The molecule has 0 spiro atoms. The maximum atomic E-state index is 13.1. The minimum atomic E-state index is -0.0366. The molecule has 2 aromatic rings. The molecule has 0 bridgehead atoms. The highest BCUT2D eigenvalue weighted by Crippen LogP contribution is 2.31. The van der Waals surface area contributed by atoms with Crippen LogP contribution >= 0.6 is 35.8 Å². The van der Waals surface area contributed by atoms with E-state index in [-0.39, 0.29) is 24.4 Å². The van der Waals surface area contributed by atoms with Crippen LogP contribution in [0.4, 0.5) is 0 Å². The van der Waals surface area contributed by atoms with Crippen molar-refractivity contribution in [2.75, 3.05) is 31.1 Å². The zero-order chi connectivity index (χ0) is 17.9. The van der Waals surface area contributed by atoms with Gasteiger partial charge in [0, 0.05) is 23.1 Å². The third-order valence-corrected chi connectivity index (χ3v) is 6.33. The predicted octanol–water partition coefficient (Wildman–Crippen LogP) is 3.21. The molecule has 0 radical (unpaired) electrons. The van der Waals surface area contributed by atoms with Crippen LogP contribution in [-0.4, -0.2) is 56.9 Å². The standard InChI is InChI=1S/C18H22ClN5OS.ClH/c19-14-3-1-13(2-4-14)17-12-26-10-9-23(17)18(25)16-11-24(22-21-16)15-5-7-20-8-6-15;/h1-4,11,15,17,20H,5-10,12H2;1H. The van der Waals surface area contributed by atoms with E-state index in [9.17, 15) is 4.79 Å². The second kappa shape index (κ2) is 9.28. The summed E-state index contributed by atoms with van der Waals surface area (Å²) in [7, 11) is 0. The molecule has 0 saturated carbocycles. The van der Waals surface area contributed by atoms with Gasteiger partial charge in [-0.05, 0) is 43.6 Å². The van der Waals surface area contributed by atoms with Crippen LogP contribution < -0.4 is 5.32 Å². The Balaban J connectivity index is 0.00000210. The number of piperidine rings is 1. The molecular formula is C18H23Cl2N5OS. The van der Waals surface area contributed by atoms with Crippen molar-refractivity contribution in [3.05, 3.63) is 46.7 Å². The molecule has 3 heterocycles. The van der Waals surface area contributed by atoms with E-state index in [1.165, 1.54) is 0 Å². The highest BCUT2D eigenvalue weighted by atomic mass is 35.5. The zero-order valence-corrected chi connectivity index (χ0v) is 17.3. The van der Waals surface area contributed by atoms with Crippen LogP contribution in [0.3, 0.4) is 0 Å². The maximum Gasteiger partial charge on any atom is 0.276 e. The molecule has 9 heteroatoms. The molecule has 1 aromatic heterocycles. The van der Waals surface area contributed by atoms with E-state index in [0.29, 0.717) is 16.8 Å². The molecule has 2 saturated heterocycles. The zero-order valence-electron chi connectivity index (χ0n) is 14.9. The molecule has 1 amide bonds. The van der Waals surface area contributed by atoms with Gasteiger partial charge in [-0.3, -0.25) is 4.79 Å². The van der Waals surface area contributed by atoms with Crippen LogP contribution in [0.2, 0.25) is 5.02 Å². The first kappa shape index (κ1) is 20.5. The first-order valence-electron chi connectivity index (χ1n) is 8.99. The van der Waals surface area contributed by atoms with Crippen LogP contribution in [-0.2, 0) is 0 Å². The highest BCUT2D eigenvalue weighted by Gasteiger charge is 2.31. The first-order valence-corrected chi connectivity index (χ1v) is 10.5. The maximum absolute atomic E-state index is 13.1. The number of rotatable bonds is 3. The SMILES string of the molecule is Cl.O=C(c1cn(C2CCNCC2)nn1)N1CCSCC1c1ccc(Cl)cc1. The van der Waals surface area contributed by atoms with Crippen molar-refractivity contribution in [2.24, 2.45) is 0 Å². The van der Waals surface area contributed by atoms with Crippen LogP contribution in [0.5, 0.6) is 0 Å². The molecule has 146 valence electrons. The lowest BCUT2D eigenvalue weighted by Gasteiger charge is -2.35. The Morgan fingerprint density at radius 2 is 1.96 bits per heavy atom. The molecule has 1 aromatic carbocycles. The Kier molecular flexibility index (Phi) is 7.03. The largest absolute Gasteiger partial charge is 0.328 e. The number of benzene rings is 1. The molecule has 27 heavy (non-hydrogen) atoms. The summed E-state index contributed by atoms with van der Waals surface area (Å²) in [4.78, 5) is 15.0. The van der Waals surface area contributed by atoms with Gasteiger partial charge in [-0.1, -0.05) is 28.9 Å². The smallest absolute Gasteiger partial charge is 0.276 e. The summed E-state index contributed by atoms with van der Waals surface area (Å²) in [5.41, 5.74) is 1.55. The Morgan fingerprint density at radius 1 is 1.22 bits per heavy atom. The Labute approximate surface area is 174 Å². The molecule has 2 aliphatic rings. The van der Waals surface area contributed by atoms with Crippen molar-refractivity contribution >= 4 is 41.7 Å². The molecule has 1 atom stereocenters. The molecule has 6 nitrogen and oxygen atoms in total. The summed E-state index contributed by atoms with van der Waals surface area (Å²) < 4.78 is 1.87. The average Bonchev–Trinajstić information content (AvgIpc) is 3.19. The van der Waals surface area contributed by atoms with E-state index in [4.69, 9.17) is 11.6 Å². The summed E-state index contributed by atoms with van der Waals surface area (Å²) in [6.07, 6.45) is 3.86. The fourth-order valence-corrected chi connectivity index (χ4v) is 4.79. The average molecular weight is 428 g/mol. The lowest BCUT2D eigenvalue weighted by atomic mass is 10.1. The Bertz CT molecular complexity index is 763. The molecule has 2 fully saturated rings. The van der Waals surface area contributed by atoms with Crippen LogP contribution in [0.15, 0.2) is 30.5 Å². The van der Waals surface area contributed by atoms with Crippen molar-refractivity contribution < 1.29 is 4.79 Å². The molecule has 1 unspecified atom stereocenters. The Hall–Kier alpha value is -1.28. The third-order valence-electron chi connectivity index (χ3n) is 5.06. The minimum absolute atomic E-state index is 0. The number of aromatic nitrogens is 3. The number of carbonyl (C=O) groups is 1. The minimum Gasteiger partial charge on any atom is -0.328 e. The second-order valence-electron chi connectivity index (χ2n) is 6.71. The van der Waals surface area contributed by atoms with E-state index in [2.05, 4.69) is 15.6 Å². The van der Waals surface area contributed by atoms with Gasteiger partial charge in [-0.25, -0.2) is 4.68 Å².